The molecule has 0 bridgehead atoms. The molecule has 0 radical (unpaired) electrons. The summed E-state index contributed by atoms with van der Waals surface area (Å²) in [5.74, 6) is 0.986. The number of hydrogen-bond acceptors (Lipinski definition) is 6. The van der Waals surface area contributed by atoms with Crippen LogP contribution in [0.1, 0.15) is 5.56 Å². The van der Waals surface area contributed by atoms with E-state index in [0.29, 0.717) is 18.1 Å². The minimum atomic E-state index is 0.0693. The summed E-state index contributed by atoms with van der Waals surface area (Å²) in [6.45, 7) is 0. The fraction of sp³-hybridized carbons (Fsp3) is 0.231. The van der Waals surface area contributed by atoms with Gasteiger partial charge in [0.25, 0.3) is 0 Å². The molecule has 0 fully saturated rings. The van der Waals surface area contributed by atoms with E-state index in [1.165, 1.54) is 0 Å². The van der Waals surface area contributed by atoms with Crippen LogP contribution in [0.4, 0.5) is 5.95 Å². The molecule has 2 aromatic rings. The van der Waals surface area contributed by atoms with Crippen molar-refractivity contribution in [3.8, 4) is 17.8 Å². The summed E-state index contributed by atoms with van der Waals surface area (Å²) >= 11 is 5.82. The van der Waals surface area contributed by atoms with Crippen LogP contribution in [0, 0.1) is 11.3 Å². The van der Waals surface area contributed by atoms with E-state index in [2.05, 4.69) is 21.0 Å². The Bertz CT molecular complexity index is 636. The number of benzene rings is 1. The lowest BCUT2D eigenvalue weighted by Crippen LogP contribution is -2.13. The van der Waals surface area contributed by atoms with Gasteiger partial charge < -0.3 is 9.64 Å². The van der Waals surface area contributed by atoms with Gasteiger partial charge in [-0.1, -0.05) is 12.1 Å². The van der Waals surface area contributed by atoms with Gasteiger partial charge >= 0.3 is 6.01 Å². The maximum absolute atomic E-state index is 8.61. The third kappa shape index (κ3) is 3.56. The first-order valence-electron chi connectivity index (χ1n) is 5.81. The number of halogens is 1. The summed E-state index contributed by atoms with van der Waals surface area (Å²) in [6.07, 6.45) is 0.364. The van der Waals surface area contributed by atoms with Gasteiger partial charge in [-0.15, -0.1) is 0 Å². The van der Waals surface area contributed by atoms with Crippen LogP contribution in [0.5, 0.6) is 11.8 Å². The molecule has 0 aliphatic heterocycles. The Kier molecular flexibility index (Phi) is 4.33. The Morgan fingerprint density at radius 3 is 2.50 bits per heavy atom. The topological polar surface area (TPSA) is 74.9 Å². The predicted octanol–water partition coefficient (Wildman–Crippen LogP) is 2.45. The Morgan fingerprint density at radius 1 is 1.20 bits per heavy atom. The van der Waals surface area contributed by atoms with Crippen molar-refractivity contribution < 1.29 is 4.74 Å². The second-order valence-corrected chi connectivity index (χ2v) is 4.50. The molecule has 0 unspecified atom stereocenters. The van der Waals surface area contributed by atoms with E-state index >= 15 is 0 Å². The number of nitriles is 1. The van der Waals surface area contributed by atoms with Crippen molar-refractivity contribution in [3.05, 3.63) is 35.1 Å². The van der Waals surface area contributed by atoms with Crippen LogP contribution in [-0.4, -0.2) is 29.0 Å². The first-order chi connectivity index (χ1) is 9.58. The Morgan fingerprint density at radius 2 is 1.90 bits per heavy atom. The maximum atomic E-state index is 8.61. The lowest BCUT2D eigenvalue weighted by atomic mass is 10.2. The van der Waals surface area contributed by atoms with Gasteiger partial charge in [-0.25, -0.2) is 0 Å². The normalized spacial score (nSPS) is 9.90. The van der Waals surface area contributed by atoms with Crippen LogP contribution < -0.4 is 9.64 Å². The van der Waals surface area contributed by atoms with Crippen LogP contribution >= 0.6 is 11.6 Å². The van der Waals surface area contributed by atoms with Gasteiger partial charge in [-0.3, -0.25) is 0 Å². The molecule has 1 aromatic carbocycles. The lowest BCUT2D eigenvalue weighted by Gasteiger charge is -2.11. The highest BCUT2D eigenvalue weighted by Gasteiger charge is 2.08. The number of nitrogens with zero attached hydrogens (tertiary/aromatic N) is 5. The van der Waals surface area contributed by atoms with Crippen LogP contribution in [0.3, 0.4) is 0 Å². The van der Waals surface area contributed by atoms with Gasteiger partial charge in [-0.2, -0.15) is 20.2 Å². The molecule has 1 heterocycles. The Balaban J connectivity index is 2.19. The van der Waals surface area contributed by atoms with E-state index in [1.807, 2.05) is 12.1 Å². The molecule has 0 spiro atoms. The van der Waals surface area contributed by atoms with E-state index in [4.69, 9.17) is 21.6 Å². The summed E-state index contributed by atoms with van der Waals surface area (Å²) in [5, 5.41) is 8.68. The van der Waals surface area contributed by atoms with Crippen molar-refractivity contribution in [2.75, 3.05) is 19.0 Å². The van der Waals surface area contributed by atoms with E-state index in [-0.39, 0.29) is 11.3 Å². The zero-order chi connectivity index (χ0) is 14.5. The monoisotopic (exact) mass is 289 g/mol. The largest absolute Gasteiger partial charge is 0.424 e. The van der Waals surface area contributed by atoms with Gasteiger partial charge in [-0.05, 0) is 29.3 Å². The zero-order valence-electron chi connectivity index (χ0n) is 11.0. The molecule has 0 N–H and O–H groups in total. The predicted molar refractivity (Wildman–Crippen MR) is 75.0 cm³/mol. The molecule has 7 heteroatoms. The van der Waals surface area contributed by atoms with Crippen LogP contribution in [-0.2, 0) is 6.42 Å². The number of hydrogen-bond donors (Lipinski definition) is 0. The third-order valence-electron chi connectivity index (χ3n) is 2.39. The molecular weight excluding hydrogens is 278 g/mol. The van der Waals surface area contributed by atoms with Gasteiger partial charge in [0.05, 0.1) is 12.5 Å². The minimum absolute atomic E-state index is 0.0693. The first-order valence-corrected chi connectivity index (χ1v) is 6.19. The highest BCUT2D eigenvalue weighted by atomic mass is 35.5. The highest BCUT2D eigenvalue weighted by Crippen LogP contribution is 2.21. The smallest absolute Gasteiger partial charge is 0.328 e. The minimum Gasteiger partial charge on any atom is -0.424 e. The lowest BCUT2D eigenvalue weighted by molar-refractivity contribution is 0.439. The SMILES string of the molecule is CN(C)c1nc(Cl)nc(Oc2ccc(CC#N)cc2)n1. The molecule has 0 amide bonds. The molecule has 0 saturated heterocycles. The van der Waals surface area contributed by atoms with Crippen molar-refractivity contribution in [2.24, 2.45) is 0 Å². The molecule has 1 aromatic heterocycles. The van der Waals surface area contributed by atoms with E-state index in [9.17, 15) is 0 Å². The zero-order valence-corrected chi connectivity index (χ0v) is 11.8. The molecule has 2 rings (SSSR count). The molecule has 0 aliphatic carbocycles. The van der Waals surface area contributed by atoms with Gasteiger partial charge in [0, 0.05) is 14.1 Å². The molecule has 102 valence electrons. The van der Waals surface area contributed by atoms with E-state index in [1.54, 1.807) is 31.1 Å². The van der Waals surface area contributed by atoms with Crippen molar-refractivity contribution in [2.45, 2.75) is 6.42 Å². The second kappa shape index (κ2) is 6.17. The summed E-state index contributed by atoms with van der Waals surface area (Å²) in [7, 11) is 3.60. The van der Waals surface area contributed by atoms with E-state index in [0.717, 1.165) is 5.56 Å². The quantitative estimate of drug-likeness (QED) is 0.860. The molecule has 0 saturated carbocycles. The average Bonchev–Trinajstić information content (AvgIpc) is 2.40. The summed E-state index contributed by atoms with van der Waals surface area (Å²) < 4.78 is 5.53. The molecule has 6 nitrogen and oxygen atoms in total. The van der Waals surface area contributed by atoms with Gasteiger partial charge in [0.1, 0.15) is 5.75 Å². The molecule has 0 atom stereocenters. The second-order valence-electron chi connectivity index (χ2n) is 4.16. The van der Waals surface area contributed by atoms with Crippen molar-refractivity contribution in [3.63, 3.8) is 0 Å². The van der Waals surface area contributed by atoms with Crippen LogP contribution in [0.2, 0.25) is 5.28 Å². The highest BCUT2D eigenvalue weighted by molar-refractivity contribution is 6.28. The fourth-order valence-corrected chi connectivity index (χ4v) is 1.59. The number of anilines is 1. The summed E-state index contributed by atoms with van der Waals surface area (Å²) in [5.41, 5.74) is 0.919. The average molecular weight is 290 g/mol. The number of aromatic nitrogens is 3. The fourth-order valence-electron chi connectivity index (χ4n) is 1.44. The van der Waals surface area contributed by atoms with E-state index < -0.39 is 0 Å². The van der Waals surface area contributed by atoms with Gasteiger partial charge in [0.2, 0.25) is 11.2 Å². The van der Waals surface area contributed by atoms with Crippen LogP contribution in [0.15, 0.2) is 24.3 Å². The van der Waals surface area contributed by atoms with Crippen LogP contribution in [0.25, 0.3) is 0 Å². The standard InChI is InChI=1S/C13H12ClN5O/c1-19(2)12-16-11(14)17-13(18-12)20-10-5-3-9(4-6-10)7-8-15/h3-6H,7H2,1-2H3. The third-order valence-corrected chi connectivity index (χ3v) is 2.56. The Labute approximate surface area is 121 Å². The summed E-state index contributed by atoms with van der Waals surface area (Å²) in [6, 6.07) is 9.34. The first kappa shape index (κ1) is 14.0. The number of rotatable bonds is 4. The van der Waals surface area contributed by atoms with Crippen molar-refractivity contribution >= 4 is 17.5 Å². The van der Waals surface area contributed by atoms with Crippen molar-refractivity contribution in [1.29, 1.82) is 5.26 Å². The molecule has 0 aliphatic rings. The molecular formula is C13H12ClN5O. The van der Waals surface area contributed by atoms with Crippen molar-refractivity contribution in [1.82, 2.24) is 15.0 Å². The Hall–Kier alpha value is -2.39. The number of ether oxygens (including phenoxy) is 1. The maximum Gasteiger partial charge on any atom is 0.328 e. The van der Waals surface area contributed by atoms with Gasteiger partial charge in [0.15, 0.2) is 0 Å². The summed E-state index contributed by atoms with van der Waals surface area (Å²) in [4.78, 5) is 13.7. The molecule has 20 heavy (non-hydrogen) atoms.